The molecule has 0 saturated heterocycles. The third-order valence-corrected chi connectivity index (χ3v) is 5.57. The van der Waals surface area contributed by atoms with Gasteiger partial charge >= 0.3 is 0 Å². The molecule has 126 valence electrons. The Labute approximate surface area is 152 Å². The number of nitrogens with one attached hydrogen (secondary N) is 1. The van der Waals surface area contributed by atoms with Crippen LogP contribution in [0.5, 0.6) is 0 Å². The van der Waals surface area contributed by atoms with E-state index in [2.05, 4.69) is 86.4 Å². The van der Waals surface area contributed by atoms with Gasteiger partial charge in [0.05, 0.1) is 16.9 Å². The summed E-state index contributed by atoms with van der Waals surface area (Å²) in [6, 6.07) is 21.5. The third-order valence-electron chi connectivity index (χ3n) is 5.57. The van der Waals surface area contributed by atoms with E-state index in [0.717, 1.165) is 16.9 Å². The highest BCUT2D eigenvalue weighted by molar-refractivity contribution is 6.02. The Morgan fingerprint density at radius 2 is 1.35 bits per heavy atom. The number of fused-ring (bicyclic) bond motifs is 3. The maximum atomic E-state index is 5.09. The van der Waals surface area contributed by atoms with Gasteiger partial charge in [-0.2, -0.15) is 0 Å². The van der Waals surface area contributed by atoms with E-state index in [1.165, 1.54) is 43.8 Å². The van der Waals surface area contributed by atoms with Crippen LogP contribution in [0.25, 0.3) is 43.8 Å². The van der Waals surface area contributed by atoms with E-state index in [1.54, 1.807) is 0 Å². The highest BCUT2D eigenvalue weighted by Gasteiger charge is 2.16. The predicted molar refractivity (Wildman–Crippen MR) is 111 cm³/mol. The van der Waals surface area contributed by atoms with E-state index in [9.17, 15) is 0 Å². The number of aromatic nitrogens is 2. The lowest BCUT2D eigenvalue weighted by Gasteiger charge is -2.12. The SMILES string of the molecule is Cc1c(-c2[nH]c(C)c3ccccc23)nc2cc3ccccc3cc2c1C. The van der Waals surface area contributed by atoms with Crippen molar-refractivity contribution in [3.05, 3.63) is 77.5 Å². The van der Waals surface area contributed by atoms with Gasteiger partial charge in [-0.3, -0.25) is 0 Å². The highest BCUT2D eigenvalue weighted by atomic mass is 14.8. The molecule has 2 nitrogen and oxygen atoms in total. The van der Waals surface area contributed by atoms with Gasteiger partial charge in [0.2, 0.25) is 0 Å². The second-order valence-electron chi connectivity index (χ2n) is 7.10. The molecule has 0 radical (unpaired) electrons. The van der Waals surface area contributed by atoms with Crippen LogP contribution in [0.4, 0.5) is 0 Å². The van der Waals surface area contributed by atoms with Crippen LogP contribution in [0.15, 0.2) is 60.7 Å². The number of pyridine rings is 1. The van der Waals surface area contributed by atoms with Crippen LogP contribution in [0.2, 0.25) is 0 Å². The zero-order chi connectivity index (χ0) is 17.8. The molecule has 5 rings (SSSR count). The summed E-state index contributed by atoms with van der Waals surface area (Å²) in [6.07, 6.45) is 0. The van der Waals surface area contributed by atoms with Crippen molar-refractivity contribution in [2.45, 2.75) is 20.8 Å². The number of hydrogen-bond acceptors (Lipinski definition) is 1. The van der Waals surface area contributed by atoms with Crippen LogP contribution in [-0.4, -0.2) is 9.97 Å². The molecule has 0 aliphatic rings. The molecule has 0 saturated carbocycles. The van der Waals surface area contributed by atoms with Crippen LogP contribution in [0, 0.1) is 20.8 Å². The summed E-state index contributed by atoms with van der Waals surface area (Å²) < 4.78 is 0. The Morgan fingerprint density at radius 3 is 2.12 bits per heavy atom. The van der Waals surface area contributed by atoms with Crippen molar-refractivity contribution in [1.29, 1.82) is 0 Å². The minimum Gasteiger partial charge on any atom is -0.356 e. The summed E-state index contributed by atoms with van der Waals surface area (Å²) in [5, 5.41) is 6.23. The van der Waals surface area contributed by atoms with Crippen LogP contribution in [0.1, 0.15) is 16.8 Å². The number of rotatable bonds is 1. The maximum absolute atomic E-state index is 5.09. The van der Waals surface area contributed by atoms with Crippen molar-refractivity contribution in [2.75, 3.05) is 0 Å². The number of benzene rings is 3. The van der Waals surface area contributed by atoms with Gasteiger partial charge in [-0.1, -0.05) is 48.5 Å². The Morgan fingerprint density at radius 1 is 0.692 bits per heavy atom. The van der Waals surface area contributed by atoms with Crippen molar-refractivity contribution in [3.8, 4) is 11.4 Å². The summed E-state index contributed by atoms with van der Waals surface area (Å²) in [4.78, 5) is 8.66. The molecule has 1 N–H and O–H groups in total. The average Bonchev–Trinajstić information content (AvgIpc) is 3.00. The normalized spacial score (nSPS) is 11.7. The summed E-state index contributed by atoms with van der Waals surface area (Å²) >= 11 is 0. The topological polar surface area (TPSA) is 28.7 Å². The number of aryl methyl sites for hydroxylation is 2. The minimum absolute atomic E-state index is 1.05. The second kappa shape index (κ2) is 5.43. The van der Waals surface area contributed by atoms with Gasteiger partial charge < -0.3 is 4.98 Å². The van der Waals surface area contributed by atoms with Gasteiger partial charge in [-0.25, -0.2) is 4.98 Å². The van der Waals surface area contributed by atoms with Crippen LogP contribution < -0.4 is 0 Å². The molecule has 3 aromatic carbocycles. The molecule has 0 aliphatic carbocycles. The van der Waals surface area contributed by atoms with Gasteiger partial charge in [-0.15, -0.1) is 0 Å². The fourth-order valence-electron chi connectivity index (χ4n) is 3.99. The molecule has 0 spiro atoms. The number of aromatic amines is 1. The zero-order valence-electron chi connectivity index (χ0n) is 15.2. The lowest BCUT2D eigenvalue weighted by atomic mass is 9.97. The Kier molecular flexibility index (Phi) is 3.17. The molecule has 0 aliphatic heterocycles. The summed E-state index contributed by atoms with van der Waals surface area (Å²) in [6.45, 7) is 6.51. The van der Waals surface area contributed by atoms with E-state index in [4.69, 9.17) is 4.98 Å². The Hall–Kier alpha value is -3.13. The van der Waals surface area contributed by atoms with Crippen LogP contribution in [-0.2, 0) is 0 Å². The average molecular weight is 336 g/mol. The van der Waals surface area contributed by atoms with E-state index in [0.29, 0.717) is 0 Å². The first-order chi connectivity index (χ1) is 12.6. The largest absolute Gasteiger partial charge is 0.356 e. The molecule has 2 heteroatoms. The number of H-pyrrole nitrogens is 1. The molecular formula is C24H20N2. The summed E-state index contributed by atoms with van der Waals surface area (Å²) in [5.41, 5.74) is 6.95. The van der Waals surface area contributed by atoms with E-state index in [1.807, 2.05) is 0 Å². The van der Waals surface area contributed by atoms with Crippen molar-refractivity contribution in [1.82, 2.24) is 9.97 Å². The standard InChI is InChI=1S/C24H20N2/c1-14-15(2)23(24-20-11-7-6-10-19(20)16(3)25-24)26-22-13-18-9-5-4-8-17(18)12-21(14)22/h4-13,25H,1-3H3. The van der Waals surface area contributed by atoms with E-state index in [-0.39, 0.29) is 0 Å². The van der Waals surface area contributed by atoms with E-state index >= 15 is 0 Å². The fraction of sp³-hybridized carbons (Fsp3) is 0.125. The van der Waals surface area contributed by atoms with Gasteiger partial charge in [0.1, 0.15) is 0 Å². The quantitative estimate of drug-likeness (QED) is 0.350. The molecule has 26 heavy (non-hydrogen) atoms. The van der Waals surface area contributed by atoms with Crippen LogP contribution in [0.3, 0.4) is 0 Å². The minimum atomic E-state index is 1.05. The molecular weight excluding hydrogens is 316 g/mol. The molecule has 2 aromatic heterocycles. The molecule has 0 unspecified atom stereocenters. The van der Waals surface area contributed by atoms with Gasteiger partial charge in [-0.05, 0) is 54.8 Å². The van der Waals surface area contributed by atoms with Crippen molar-refractivity contribution >= 4 is 32.4 Å². The van der Waals surface area contributed by atoms with E-state index < -0.39 is 0 Å². The Balaban J connectivity index is 1.88. The number of hydrogen-bond donors (Lipinski definition) is 1. The van der Waals surface area contributed by atoms with Crippen molar-refractivity contribution < 1.29 is 0 Å². The lowest BCUT2D eigenvalue weighted by Crippen LogP contribution is -1.95. The first-order valence-electron chi connectivity index (χ1n) is 9.01. The summed E-state index contributed by atoms with van der Waals surface area (Å²) in [5.74, 6) is 0. The monoisotopic (exact) mass is 336 g/mol. The Bertz CT molecular complexity index is 1310. The molecule has 0 fully saturated rings. The van der Waals surface area contributed by atoms with Crippen LogP contribution >= 0.6 is 0 Å². The first-order valence-corrected chi connectivity index (χ1v) is 9.01. The zero-order valence-corrected chi connectivity index (χ0v) is 15.2. The lowest BCUT2D eigenvalue weighted by molar-refractivity contribution is 1.22. The maximum Gasteiger partial charge on any atom is 0.0910 e. The summed E-state index contributed by atoms with van der Waals surface area (Å²) in [7, 11) is 0. The van der Waals surface area contributed by atoms with Crippen molar-refractivity contribution in [2.24, 2.45) is 0 Å². The smallest absolute Gasteiger partial charge is 0.0910 e. The van der Waals surface area contributed by atoms with Gasteiger partial charge in [0.25, 0.3) is 0 Å². The predicted octanol–water partition coefficient (Wildman–Crippen LogP) is 6.46. The second-order valence-corrected chi connectivity index (χ2v) is 7.10. The molecule has 5 aromatic rings. The molecule has 0 bridgehead atoms. The first kappa shape index (κ1) is 15.2. The third kappa shape index (κ3) is 2.08. The fourth-order valence-corrected chi connectivity index (χ4v) is 3.99. The molecule has 2 heterocycles. The highest BCUT2D eigenvalue weighted by Crippen LogP contribution is 2.35. The van der Waals surface area contributed by atoms with Gasteiger partial charge in [0.15, 0.2) is 0 Å². The van der Waals surface area contributed by atoms with Crippen molar-refractivity contribution in [3.63, 3.8) is 0 Å². The van der Waals surface area contributed by atoms with Gasteiger partial charge in [0, 0.05) is 21.9 Å². The molecule has 0 atom stereocenters. The molecule has 0 amide bonds. The number of nitrogens with zero attached hydrogens (tertiary/aromatic N) is 1.